The molecule has 110 valence electrons. The smallest absolute Gasteiger partial charge is 0.223 e. The number of thiophene rings is 1. The maximum atomic E-state index is 11.5. The average Bonchev–Trinajstić information content (AvgIpc) is 3.21. The second-order valence-corrected chi connectivity index (χ2v) is 7.21. The Hall–Kier alpha value is -0.870. The molecule has 1 saturated carbocycles. The summed E-state index contributed by atoms with van der Waals surface area (Å²) in [6.07, 6.45) is 7.38. The fourth-order valence-electron chi connectivity index (χ4n) is 2.79. The van der Waals surface area contributed by atoms with Gasteiger partial charge in [-0.3, -0.25) is 4.79 Å². The van der Waals surface area contributed by atoms with Crippen molar-refractivity contribution in [2.45, 2.75) is 51.5 Å². The van der Waals surface area contributed by atoms with Crippen LogP contribution in [0.2, 0.25) is 0 Å². The zero-order valence-corrected chi connectivity index (χ0v) is 13.0. The minimum atomic E-state index is 0.242. The van der Waals surface area contributed by atoms with E-state index in [-0.39, 0.29) is 5.91 Å². The first kappa shape index (κ1) is 14.1. The number of fused-ring (bicyclic) bond motifs is 1. The normalized spacial score (nSPS) is 19.4. The third-order valence-electron chi connectivity index (χ3n) is 4.27. The number of hydrogen-bond donors (Lipinski definition) is 2. The maximum Gasteiger partial charge on any atom is 0.223 e. The van der Waals surface area contributed by atoms with E-state index in [0.29, 0.717) is 12.0 Å². The number of carbonyl (C=O) groups is 1. The quantitative estimate of drug-likeness (QED) is 0.792. The molecule has 1 unspecified atom stereocenters. The molecule has 1 fully saturated rings. The average molecular weight is 292 g/mol. The third-order valence-corrected chi connectivity index (χ3v) is 5.69. The number of amides is 1. The van der Waals surface area contributed by atoms with Crippen LogP contribution in [0.1, 0.15) is 54.0 Å². The Bertz CT molecular complexity index is 455. The van der Waals surface area contributed by atoms with E-state index in [1.54, 1.807) is 10.4 Å². The molecule has 3 rings (SSSR count). The monoisotopic (exact) mass is 292 g/mol. The minimum Gasteiger partial charge on any atom is -0.355 e. The van der Waals surface area contributed by atoms with Crippen LogP contribution in [0, 0.1) is 5.92 Å². The van der Waals surface area contributed by atoms with Crippen LogP contribution in [-0.4, -0.2) is 19.0 Å². The van der Waals surface area contributed by atoms with E-state index >= 15 is 0 Å². The topological polar surface area (TPSA) is 41.1 Å². The molecule has 1 atom stereocenters. The number of nitrogens with one attached hydrogen (secondary N) is 2. The van der Waals surface area contributed by atoms with E-state index < -0.39 is 0 Å². The summed E-state index contributed by atoms with van der Waals surface area (Å²) in [5.74, 6) is 0.558. The Morgan fingerprint density at radius 2 is 2.15 bits per heavy atom. The first-order valence-electron chi connectivity index (χ1n) is 7.86. The number of aryl methyl sites for hydroxylation is 2. The molecule has 0 aromatic carbocycles. The lowest BCUT2D eigenvalue weighted by molar-refractivity contribution is -0.122. The van der Waals surface area contributed by atoms with Crippen molar-refractivity contribution in [1.82, 2.24) is 10.6 Å². The molecule has 1 aromatic heterocycles. The lowest BCUT2D eigenvalue weighted by Crippen LogP contribution is -2.33. The Morgan fingerprint density at radius 3 is 2.90 bits per heavy atom. The van der Waals surface area contributed by atoms with Gasteiger partial charge in [-0.15, -0.1) is 11.3 Å². The van der Waals surface area contributed by atoms with Gasteiger partial charge >= 0.3 is 0 Å². The Labute approximate surface area is 125 Å². The van der Waals surface area contributed by atoms with Gasteiger partial charge in [0.2, 0.25) is 5.91 Å². The van der Waals surface area contributed by atoms with Gasteiger partial charge in [-0.05, 0) is 57.1 Å². The van der Waals surface area contributed by atoms with Crippen molar-refractivity contribution in [2.75, 3.05) is 13.1 Å². The third kappa shape index (κ3) is 3.41. The van der Waals surface area contributed by atoms with Gasteiger partial charge < -0.3 is 10.6 Å². The summed E-state index contributed by atoms with van der Waals surface area (Å²) >= 11 is 1.97. The summed E-state index contributed by atoms with van der Waals surface area (Å²) in [5, 5.41) is 6.52. The molecule has 20 heavy (non-hydrogen) atoms. The van der Waals surface area contributed by atoms with Crippen LogP contribution in [0.5, 0.6) is 0 Å². The lowest BCUT2D eigenvalue weighted by Gasteiger charge is -2.12. The number of carbonyl (C=O) groups excluding carboxylic acids is 1. The SMILES string of the molecule is CC(NCCNC(=O)C1CC1)c1cc2c(s1)CCCC2. The Morgan fingerprint density at radius 1 is 1.35 bits per heavy atom. The van der Waals surface area contributed by atoms with E-state index in [1.165, 1.54) is 30.6 Å². The highest BCUT2D eigenvalue weighted by molar-refractivity contribution is 7.12. The molecule has 1 heterocycles. The van der Waals surface area contributed by atoms with Crippen molar-refractivity contribution in [3.8, 4) is 0 Å². The molecule has 0 aliphatic heterocycles. The van der Waals surface area contributed by atoms with E-state index in [4.69, 9.17) is 0 Å². The molecule has 0 bridgehead atoms. The second kappa shape index (κ2) is 6.27. The van der Waals surface area contributed by atoms with E-state index in [2.05, 4.69) is 23.6 Å². The van der Waals surface area contributed by atoms with E-state index in [0.717, 1.165) is 25.9 Å². The molecule has 0 radical (unpaired) electrons. The second-order valence-electron chi connectivity index (χ2n) is 6.05. The van der Waals surface area contributed by atoms with Crippen LogP contribution in [-0.2, 0) is 17.6 Å². The molecule has 2 aliphatic carbocycles. The zero-order valence-electron chi connectivity index (χ0n) is 12.2. The zero-order chi connectivity index (χ0) is 13.9. The van der Waals surface area contributed by atoms with Crippen LogP contribution in [0.3, 0.4) is 0 Å². The predicted molar refractivity (Wildman–Crippen MR) is 83.1 cm³/mol. The van der Waals surface area contributed by atoms with Crippen LogP contribution in [0.25, 0.3) is 0 Å². The van der Waals surface area contributed by atoms with E-state index in [9.17, 15) is 4.79 Å². The molecule has 1 amide bonds. The molecular weight excluding hydrogens is 268 g/mol. The van der Waals surface area contributed by atoms with Crippen LogP contribution < -0.4 is 10.6 Å². The fraction of sp³-hybridized carbons (Fsp3) is 0.688. The van der Waals surface area contributed by atoms with Crippen LogP contribution in [0.15, 0.2) is 6.07 Å². The standard InChI is InChI=1S/C16H24N2OS/c1-11(17-8-9-18-16(19)12-6-7-12)15-10-13-4-2-3-5-14(13)20-15/h10-12,17H,2-9H2,1H3,(H,18,19). The summed E-state index contributed by atoms with van der Waals surface area (Å²) in [5.41, 5.74) is 1.58. The molecule has 3 nitrogen and oxygen atoms in total. The Balaban J connectivity index is 1.42. The molecule has 4 heteroatoms. The van der Waals surface area contributed by atoms with Gasteiger partial charge in [-0.2, -0.15) is 0 Å². The van der Waals surface area contributed by atoms with Crippen molar-refractivity contribution in [1.29, 1.82) is 0 Å². The van der Waals surface area contributed by atoms with Gasteiger partial charge in [-0.25, -0.2) is 0 Å². The minimum absolute atomic E-state index is 0.242. The summed E-state index contributed by atoms with van der Waals surface area (Å²) in [7, 11) is 0. The highest BCUT2D eigenvalue weighted by Gasteiger charge is 2.29. The predicted octanol–water partition coefficient (Wildman–Crippen LogP) is 2.80. The summed E-state index contributed by atoms with van der Waals surface area (Å²) < 4.78 is 0. The van der Waals surface area contributed by atoms with Gasteiger partial charge in [0.05, 0.1) is 0 Å². The van der Waals surface area contributed by atoms with Crippen molar-refractivity contribution < 1.29 is 4.79 Å². The van der Waals surface area contributed by atoms with Crippen molar-refractivity contribution >= 4 is 17.2 Å². The van der Waals surface area contributed by atoms with Gasteiger partial charge in [-0.1, -0.05) is 0 Å². The summed E-state index contributed by atoms with van der Waals surface area (Å²) in [4.78, 5) is 14.6. The van der Waals surface area contributed by atoms with Crippen LogP contribution in [0.4, 0.5) is 0 Å². The summed E-state index contributed by atoms with van der Waals surface area (Å²) in [6, 6.07) is 2.78. The Kier molecular flexibility index (Phi) is 4.41. The highest BCUT2D eigenvalue weighted by Crippen LogP contribution is 2.32. The molecule has 2 N–H and O–H groups in total. The van der Waals surface area contributed by atoms with E-state index in [1.807, 2.05) is 11.3 Å². The summed E-state index contributed by atoms with van der Waals surface area (Å²) in [6.45, 7) is 3.81. The molecule has 2 aliphatic rings. The van der Waals surface area contributed by atoms with Crippen LogP contribution >= 0.6 is 11.3 Å². The largest absolute Gasteiger partial charge is 0.355 e. The van der Waals surface area contributed by atoms with Gasteiger partial charge in [0, 0.05) is 34.8 Å². The van der Waals surface area contributed by atoms with Crippen molar-refractivity contribution in [3.05, 3.63) is 21.4 Å². The maximum absolute atomic E-state index is 11.5. The fourth-order valence-corrected chi connectivity index (χ4v) is 4.08. The molecular formula is C16H24N2OS. The van der Waals surface area contributed by atoms with Crippen molar-refractivity contribution in [2.24, 2.45) is 5.92 Å². The highest BCUT2D eigenvalue weighted by atomic mass is 32.1. The molecule has 1 aromatic rings. The first-order chi connectivity index (χ1) is 9.74. The number of rotatable bonds is 6. The lowest BCUT2D eigenvalue weighted by atomic mass is 9.99. The molecule has 0 spiro atoms. The van der Waals surface area contributed by atoms with Gasteiger partial charge in [0.1, 0.15) is 0 Å². The van der Waals surface area contributed by atoms with Crippen molar-refractivity contribution in [3.63, 3.8) is 0 Å². The van der Waals surface area contributed by atoms with Gasteiger partial charge in [0.25, 0.3) is 0 Å². The van der Waals surface area contributed by atoms with Gasteiger partial charge in [0.15, 0.2) is 0 Å². The molecule has 0 saturated heterocycles. The number of hydrogen-bond acceptors (Lipinski definition) is 3. The first-order valence-corrected chi connectivity index (χ1v) is 8.68.